The van der Waals surface area contributed by atoms with E-state index in [9.17, 15) is 9.18 Å². The normalized spacial score (nSPS) is 10.2. The molecule has 0 aliphatic carbocycles. The van der Waals surface area contributed by atoms with Crippen LogP contribution in [0, 0.1) is 5.82 Å². The summed E-state index contributed by atoms with van der Waals surface area (Å²) in [6.07, 6.45) is 1.32. The van der Waals surface area contributed by atoms with Crippen molar-refractivity contribution >= 4 is 21.8 Å². The van der Waals surface area contributed by atoms with Gasteiger partial charge in [-0.3, -0.25) is 4.79 Å². The van der Waals surface area contributed by atoms with Gasteiger partial charge in [0.25, 0.3) is 5.91 Å². The largest absolute Gasteiger partial charge is 0.346 e. The first-order valence-electron chi connectivity index (χ1n) is 4.74. The number of nitrogens with zero attached hydrogens (tertiary/aromatic N) is 2. The average Bonchev–Trinajstić information content (AvgIpc) is 2.83. The summed E-state index contributed by atoms with van der Waals surface area (Å²) in [5.74, 6) is -0.714. The number of aromatic amines is 1. The monoisotopic (exact) mass is 298 g/mol. The summed E-state index contributed by atoms with van der Waals surface area (Å²) >= 11 is 3.28. The van der Waals surface area contributed by atoms with Gasteiger partial charge in [0.1, 0.15) is 5.82 Å². The third-order valence-corrected chi connectivity index (χ3v) is 2.87. The second kappa shape index (κ2) is 5.05. The van der Waals surface area contributed by atoms with Crippen LogP contribution in [-0.2, 0) is 6.54 Å². The highest BCUT2D eigenvalue weighted by Gasteiger charge is 2.09. The van der Waals surface area contributed by atoms with E-state index in [1.807, 2.05) is 0 Å². The van der Waals surface area contributed by atoms with E-state index in [-0.39, 0.29) is 24.0 Å². The molecule has 0 saturated carbocycles. The maximum atomic E-state index is 13.0. The number of aromatic nitrogens is 3. The summed E-state index contributed by atoms with van der Waals surface area (Å²) in [5, 5.41) is 12.1. The third-order valence-electron chi connectivity index (χ3n) is 2.09. The predicted molar refractivity (Wildman–Crippen MR) is 61.7 cm³/mol. The number of nitrogens with one attached hydrogen (secondary N) is 2. The minimum atomic E-state index is -0.366. The maximum Gasteiger partial charge on any atom is 0.273 e. The van der Waals surface area contributed by atoms with Crippen LogP contribution in [0.15, 0.2) is 28.9 Å². The molecule has 1 heterocycles. The summed E-state index contributed by atoms with van der Waals surface area (Å²) in [6.45, 7) is 0.212. The minimum Gasteiger partial charge on any atom is -0.346 e. The zero-order chi connectivity index (χ0) is 12.3. The fraction of sp³-hybridized carbons (Fsp3) is 0.100. The molecule has 7 heteroatoms. The number of rotatable bonds is 3. The molecule has 0 aliphatic heterocycles. The number of benzene rings is 1. The summed E-state index contributed by atoms with van der Waals surface area (Å²) in [4.78, 5) is 11.5. The summed E-state index contributed by atoms with van der Waals surface area (Å²) < 4.78 is 13.7. The van der Waals surface area contributed by atoms with Gasteiger partial charge in [-0.25, -0.2) is 4.39 Å². The number of carbonyl (C=O) groups excluding carboxylic acids is 1. The molecule has 0 aliphatic rings. The predicted octanol–water partition coefficient (Wildman–Crippen LogP) is 1.64. The van der Waals surface area contributed by atoms with Crippen LogP contribution in [0.2, 0.25) is 0 Å². The van der Waals surface area contributed by atoms with Crippen molar-refractivity contribution in [3.8, 4) is 0 Å². The Bertz CT molecular complexity index is 529. The Morgan fingerprint density at radius 3 is 3.06 bits per heavy atom. The first-order valence-corrected chi connectivity index (χ1v) is 5.54. The molecule has 1 amide bonds. The van der Waals surface area contributed by atoms with E-state index in [1.165, 1.54) is 18.3 Å². The Balaban J connectivity index is 2.03. The van der Waals surface area contributed by atoms with Gasteiger partial charge in [-0.05, 0) is 23.8 Å². The molecule has 5 nitrogen and oxygen atoms in total. The SMILES string of the molecule is O=C(NCc1cc(F)ccc1Br)c1cn[nH]n1. The number of H-pyrrole nitrogens is 1. The van der Waals surface area contributed by atoms with E-state index < -0.39 is 0 Å². The highest BCUT2D eigenvalue weighted by atomic mass is 79.9. The molecule has 17 heavy (non-hydrogen) atoms. The van der Waals surface area contributed by atoms with Crippen molar-refractivity contribution in [2.45, 2.75) is 6.54 Å². The van der Waals surface area contributed by atoms with Gasteiger partial charge in [0.15, 0.2) is 5.69 Å². The number of hydrogen-bond acceptors (Lipinski definition) is 3. The van der Waals surface area contributed by atoms with Crippen molar-refractivity contribution in [1.29, 1.82) is 0 Å². The molecule has 0 radical (unpaired) electrons. The lowest BCUT2D eigenvalue weighted by Crippen LogP contribution is -2.23. The lowest BCUT2D eigenvalue weighted by Gasteiger charge is -2.05. The maximum absolute atomic E-state index is 13.0. The molecule has 0 atom stereocenters. The Morgan fingerprint density at radius 1 is 1.53 bits per heavy atom. The first-order chi connectivity index (χ1) is 8.16. The van der Waals surface area contributed by atoms with Crippen molar-refractivity contribution in [3.63, 3.8) is 0 Å². The smallest absolute Gasteiger partial charge is 0.273 e. The van der Waals surface area contributed by atoms with Crippen LogP contribution in [0.25, 0.3) is 0 Å². The van der Waals surface area contributed by atoms with Crippen LogP contribution < -0.4 is 5.32 Å². The van der Waals surface area contributed by atoms with Crippen molar-refractivity contribution < 1.29 is 9.18 Å². The number of hydrogen-bond donors (Lipinski definition) is 2. The third kappa shape index (κ3) is 2.88. The lowest BCUT2D eigenvalue weighted by atomic mass is 10.2. The number of carbonyl (C=O) groups is 1. The van der Waals surface area contributed by atoms with Gasteiger partial charge in [0.2, 0.25) is 0 Å². The summed E-state index contributed by atoms with van der Waals surface area (Å²) in [6, 6.07) is 4.28. The van der Waals surface area contributed by atoms with E-state index in [0.717, 1.165) is 4.47 Å². The fourth-order valence-corrected chi connectivity index (χ4v) is 1.64. The second-order valence-electron chi connectivity index (χ2n) is 3.27. The van der Waals surface area contributed by atoms with Gasteiger partial charge in [0.05, 0.1) is 6.20 Å². The summed E-state index contributed by atoms with van der Waals surface area (Å²) in [7, 11) is 0. The fourth-order valence-electron chi connectivity index (χ4n) is 1.26. The van der Waals surface area contributed by atoms with Gasteiger partial charge in [0, 0.05) is 11.0 Å². The van der Waals surface area contributed by atoms with Gasteiger partial charge in [-0.1, -0.05) is 15.9 Å². The molecule has 0 bridgehead atoms. The highest BCUT2D eigenvalue weighted by Crippen LogP contribution is 2.17. The standard InChI is InChI=1S/C10H8BrFN4O/c11-8-2-1-7(12)3-6(8)4-13-10(17)9-5-14-16-15-9/h1-3,5H,4H2,(H,13,17)(H,14,15,16). The molecule has 2 aromatic rings. The van der Waals surface area contributed by atoms with Crippen LogP contribution in [0.4, 0.5) is 4.39 Å². The topological polar surface area (TPSA) is 70.7 Å². The number of amides is 1. The van der Waals surface area contributed by atoms with Gasteiger partial charge < -0.3 is 5.32 Å². The summed E-state index contributed by atoms with van der Waals surface area (Å²) in [5.41, 5.74) is 0.847. The molecule has 0 unspecified atom stereocenters. The molecule has 0 saturated heterocycles. The van der Waals surface area contributed by atoms with Crippen molar-refractivity contribution in [2.24, 2.45) is 0 Å². The molecule has 0 fully saturated rings. The van der Waals surface area contributed by atoms with Gasteiger partial charge >= 0.3 is 0 Å². The van der Waals surface area contributed by atoms with Crippen LogP contribution in [0.3, 0.4) is 0 Å². The van der Waals surface area contributed by atoms with Crippen molar-refractivity contribution in [3.05, 3.63) is 45.9 Å². The molecule has 1 aromatic carbocycles. The van der Waals surface area contributed by atoms with Crippen LogP contribution >= 0.6 is 15.9 Å². The Hall–Kier alpha value is -1.76. The zero-order valence-corrected chi connectivity index (χ0v) is 10.2. The van der Waals surface area contributed by atoms with Crippen molar-refractivity contribution in [2.75, 3.05) is 0 Å². The molecular weight excluding hydrogens is 291 g/mol. The van der Waals surface area contributed by atoms with E-state index in [4.69, 9.17) is 0 Å². The van der Waals surface area contributed by atoms with E-state index in [1.54, 1.807) is 6.07 Å². The lowest BCUT2D eigenvalue weighted by molar-refractivity contribution is 0.0945. The van der Waals surface area contributed by atoms with Crippen LogP contribution in [0.1, 0.15) is 16.1 Å². The second-order valence-corrected chi connectivity index (χ2v) is 4.13. The molecule has 1 aromatic heterocycles. The van der Waals surface area contributed by atoms with E-state index in [2.05, 4.69) is 36.7 Å². The minimum absolute atomic E-state index is 0.192. The number of halogens is 2. The van der Waals surface area contributed by atoms with Crippen LogP contribution in [-0.4, -0.2) is 21.3 Å². The molecule has 88 valence electrons. The Morgan fingerprint density at radius 2 is 2.35 bits per heavy atom. The van der Waals surface area contributed by atoms with E-state index >= 15 is 0 Å². The van der Waals surface area contributed by atoms with Crippen LogP contribution in [0.5, 0.6) is 0 Å². The highest BCUT2D eigenvalue weighted by molar-refractivity contribution is 9.10. The Labute approximate surface area is 105 Å². The zero-order valence-electron chi connectivity index (χ0n) is 8.58. The average molecular weight is 299 g/mol. The molecule has 2 N–H and O–H groups in total. The Kier molecular flexibility index (Phi) is 3.48. The molecule has 2 rings (SSSR count). The molecule has 0 spiro atoms. The van der Waals surface area contributed by atoms with Gasteiger partial charge in [-0.2, -0.15) is 15.4 Å². The van der Waals surface area contributed by atoms with Crippen molar-refractivity contribution in [1.82, 2.24) is 20.7 Å². The van der Waals surface area contributed by atoms with E-state index in [0.29, 0.717) is 5.56 Å². The molecular formula is C10H8BrFN4O. The first kappa shape index (κ1) is 11.7. The van der Waals surface area contributed by atoms with Gasteiger partial charge in [-0.15, -0.1) is 0 Å². The quantitative estimate of drug-likeness (QED) is 0.905.